The molecule has 2 saturated carbocycles. The van der Waals surface area contributed by atoms with Gasteiger partial charge in [-0.05, 0) is 25.7 Å². The largest absolute Gasteiger partial charge is 0.359 e. The van der Waals surface area contributed by atoms with E-state index in [1.807, 2.05) is 11.8 Å². The molecule has 1 saturated heterocycles. The molecular weight excluding hydrogens is 252 g/mol. The van der Waals surface area contributed by atoms with Crippen LogP contribution in [0.4, 0.5) is 0 Å². The summed E-state index contributed by atoms with van der Waals surface area (Å²) < 4.78 is 0. The molecule has 0 bridgehead atoms. The molecule has 3 aliphatic rings. The van der Waals surface area contributed by atoms with E-state index >= 15 is 0 Å². The van der Waals surface area contributed by atoms with E-state index in [4.69, 9.17) is 4.99 Å². The first kappa shape index (κ1) is 13.8. The predicted octanol–water partition coefficient (Wildman–Crippen LogP) is 4.49. The first-order valence-corrected chi connectivity index (χ1v) is 9.34. The van der Waals surface area contributed by atoms with Gasteiger partial charge in [-0.2, -0.15) is 0 Å². The number of nitrogens with zero attached hydrogens (tertiary/aromatic N) is 1. The lowest BCUT2D eigenvalue weighted by atomic mass is 9.83. The summed E-state index contributed by atoms with van der Waals surface area (Å²) in [6.07, 6.45) is 16.7. The predicted molar refractivity (Wildman–Crippen MR) is 85.0 cm³/mol. The fourth-order valence-corrected chi connectivity index (χ4v) is 5.09. The van der Waals surface area contributed by atoms with Crippen molar-refractivity contribution in [1.29, 1.82) is 0 Å². The Kier molecular flexibility index (Phi) is 4.73. The molecule has 3 fully saturated rings. The Morgan fingerprint density at radius 3 is 2.26 bits per heavy atom. The van der Waals surface area contributed by atoms with E-state index in [0.29, 0.717) is 11.6 Å². The molecule has 0 unspecified atom stereocenters. The minimum absolute atomic E-state index is 0.420. The van der Waals surface area contributed by atoms with Gasteiger partial charge in [-0.25, -0.2) is 0 Å². The standard InChI is InChI=1S/C16H28N2S/c1-2-5-9-14(10-6-3-1)17-15-18-16(13-19-15)11-7-4-8-12-16/h14H,1-13H2,(H,17,18). The van der Waals surface area contributed by atoms with Crippen molar-refractivity contribution in [2.75, 3.05) is 5.75 Å². The quantitative estimate of drug-likeness (QED) is 0.765. The van der Waals surface area contributed by atoms with Gasteiger partial charge in [0.05, 0.1) is 6.04 Å². The van der Waals surface area contributed by atoms with Crippen molar-refractivity contribution in [3.8, 4) is 0 Å². The zero-order valence-electron chi connectivity index (χ0n) is 12.1. The van der Waals surface area contributed by atoms with Crippen LogP contribution in [-0.2, 0) is 0 Å². The van der Waals surface area contributed by atoms with Gasteiger partial charge >= 0.3 is 0 Å². The van der Waals surface area contributed by atoms with E-state index in [2.05, 4.69) is 5.32 Å². The maximum absolute atomic E-state index is 5.05. The molecular formula is C16H28N2S. The first-order valence-electron chi connectivity index (χ1n) is 8.35. The van der Waals surface area contributed by atoms with Crippen LogP contribution in [0.5, 0.6) is 0 Å². The minimum atomic E-state index is 0.420. The average Bonchev–Trinajstić information content (AvgIpc) is 2.76. The number of amidine groups is 1. The zero-order valence-corrected chi connectivity index (χ0v) is 12.9. The van der Waals surface area contributed by atoms with Crippen molar-refractivity contribution in [3.63, 3.8) is 0 Å². The highest BCUT2D eigenvalue weighted by Gasteiger charge is 2.38. The molecule has 0 aromatic heterocycles. The second kappa shape index (κ2) is 6.51. The summed E-state index contributed by atoms with van der Waals surface area (Å²) in [6.45, 7) is 0. The summed E-state index contributed by atoms with van der Waals surface area (Å²) in [4.78, 5) is 5.05. The molecule has 0 radical (unpaired) electrons. The van der Waals surface area contributed by atoms with E-state index in [9.17, 15) is 0 Å². The number of aliphatic imine (C=N–C) groups is 1. The Hall–Kier alpha value is -0.180. The summed E-state index contributed by atoms with van der Waals surface area (Å²) in [6, 6.07) is 0.606. The molecule has 1 heterocycles. The third kappa shape index (κ3) is 3.68. The summed E-state index contributed by atoms with van der Waals surface area (Å²) in [5.74, 6) is 1.26. The fraction of sp³-hybridized carbons (Fsp3) is 0.938. The molecule has 1 spiro atoms. The molecule has 1 N–H and O–H groups in total. The van der Waals surface area contributed by atoms with Gasteiger partial charge in [0.2, 0.25) is 0 Å². The monoisotopic (exact) mass is 280 g/mol. The van der Waals surface area contributed by atoms with Crippen LogP contribution in [0, 0.1) is 0 Å². The highest BCUT2D eigenvalue weighted by atomic mass is 32.2. The normalized spacial score (nSPS) is 31.1. The SMILES string of the molecule is C1CCCC(N=C2NC3(CCCCC3)CS2)CCC1. The van der Waals surface area contributed by atoms with Crippen molar-refractivity contribution in [2.45, 2.75) is 88.6 Å². The van der Waals surface area contributed by atoms with E-state index < -0.39 is 0 Å². The van der Waals surface area contributed by atoms with Gasteiger partial charge in [0.25, 0.3) is 0 Å². The molecule has 3 rings (SSSR count). The number of thioether (sulfide) groups is 1. The molecule has 0 aromatic rings. The lowest BCUT2D eigenvalue weighted by molar-refractivity contribution is 0.303. The highest BCUT2D eigenvalue weighted by Crippen LogP contribution is 2.36. The van der Waals surface area contributed by atoms with Crippen LogP contribution in [0.3, 0.4) is 0 Å². The second-order valence-corrected chi connectivity index (χ2v) is 7.65. The van der Waals surface area contributed by atoms with Crippen LogP contribution in [0.15, 0.2) is 4.99 Å². The maximum atomic E-state index is 5.05. The number of rotatable bonds is 1. The molecule has 2 aliphatic carbocycles. The Morgan fingerprint density at radius 1 is 0.895 bits per heavy atom. The minimum Gasteiger partial charge on any atom is -0.359 e. The summed E-state index contributed by atoms with van der Waals surface area (Å²) in [5.41, 5.74) is 0.420. The Morgan fingerprint density at radius 2 is 1.53 bits per heavy atom. The molecule has 108 valence electrons. The van der Waals surface area contributed by atoms with Crippen LogP contribution in [0.1, 0.15) is 77.0 Å². The van der Waals surface area contributed by atoms with Gasteiger partial charge in [0.15, 0.2) is 5.17 Å². The molecule has 0 atom stereocenters. The van der Waals surface area contributed by atoms with Crippen LogP contribution in [0.2, 0.25) is 0 Å². The zero-order chi connectivity index (χ0) is 13.0. The number of hydrogen-bond acceptors (Lipinski definition) is 2. The van der Waals surface area contributed by atoms with E-state index in [0.717, 1.165) is 0 Å². The molecule has 0 aromatic carbocycles. The van der Waals surface area contributed by atoms with Gasteiger partial charge in [-0.3, -0.25) is 4.99 Å². The highest BCUT2D eigenvalue weighted by molar-refractivity contribution is 8.14. The summed E-state index contributed by atoms with van der Waals surface area (Å²) in [5, 5.41) is 5.07. The topological polar surface area (TPSA) is 24.4 Å². The van der Waals surface area contributed by atoms with E-state index in [1.165, 1.54) is 88.0 Å². The average molecular weight is 280 g/mol. The van der Waals surface area contributed by atoms with Crippen LogP contribution in [0.25, 0.3) is 0 Å². The van der Waals surface area contributed by atoms with Crippen LogP contribution >= 0.6 is 11.8 Å². The molecule has 3 heteroatoms. The van der Waals surface area contributed by atoms with Crippen molar-refractivity contribution < 1.29 is 0 Å². The van der Waals surface area contributed by atoms with E-state index in [1.54, 1.807) is 0 Å². The third-order valence-corrected chi connectivity index (χ3v) is 6.22. The van der Waals surface area contributed by atoms with Gasteiger partial charge < -0.3 is 5.32 Å². The van der Waals surface area contributed by atoms with Gasteiger partial charge in [0.1, 0.15) is 0 Å². The summed E-state index contributed by atoms with van der Waals surface area (Å²) >= 11 is 1.99. The fourth-order valence-electron chi connectivity index (χ4n) is 3.80. The van der Waals surface area contributed by atoms with Gasteiger partial charge in [0, 0.05) is 11.3 Å². The third-order valence-electron chi connectivity index (χ3n) is 5.04. The molecule has 1 aliphatic heterocycles. The smallest absolute Gasteiger partial charge is 0.157 e. The van der Waals surface area contributed by atoms with Gasteiger partial charge in [-0.15, -0.1) is 0 Å². The van der Waals surface area contributed by atoms with Crippen molar-refractivity contribution >= 4 is 16.9 Å². The van der Waals surface area contributed by atoms with Crippen LogP contribution < -0.4 is 5.32 Å². The van der Waals surface area contributed by atoms with Gasteiger partial charge in [-0.1, -0.05) is 63.1 Å². The second-order valence-electron chi connectivity index (χ2n) is 6.69. The van der Waals surface area contributed by atoms with Crippen molar-refractivity contribution in [2.24, 2.45) is 4.99 Å². The number of hydrogen-bond donors (Lipinski definition) is 1. The lowest BCUT2D eigenvalue weighted by Gasteiger charge is -2.32. The van der Waals surface area contributed by atoms with E-state index in [-0.39, 0.29) is 0 Å². The van der Waals surface area contributed by atoms with Crippen molar-refractivity contribution in [3.05, 3.63) is 0 Å². The Bertz CT molecular complexity index is 313. The summed E-state index contributed by atoms with van der Waals surface area (Å²) in [7, 11) is 0. The molecule has 2 nitrogen and oxygen atoms in total. The lowest BCUT2D eigenvalue weighted by Crippen LogP contribution is -2.45. The Labute approximate surface area is 122 Å². The van der Waals surface area contributed by atoms with Crippen LogP contribution in [-0.4, -0.2) is 22.5 Å². The Balaban J connectivity index is 1.57. The number of nitrogens with one attached hydrogen (secondary N) is 1. The molecule has 19 heavy (non-hydrogen) atoms. The first-order chi connectivity index (χ1) is 9.36. The van der Waals surface area contributed by atoms with Crippen molar-refractivity contribution in [1.82, 2.24) is 5.32 Å². The maximum Gasteiger partial charge on any atom is 0.157 e. The molecule has 0 amide bonds.